The third kappa shape index (κ3) is 86.2. The summed E-state index contributed by atoms with van der Waals surface area (Å²) < 4.78 is 0. The van der Waals surface area contributed by atoms with Crippen LogP contribution in [0.4, 0.5) is 0 Å². The number of hydrogen-bond acceptors (Lipinski definition) is 7. The minimum Gasteiger partial charge on any atom is -0.673 e. The largest absolute Gasteiger partial charge is 3.00 e. The summed E-state index contributed by atoms with van der Waals surface area (Å²) in [6.07, 6.45) is 0. The molecule has 0 fully saturated rings. The van der Waals surface area contributed by atoms with E-state index in [2.05, 4.69) is 5.73 Å². The summed E-state index contributed by atoms with van der Waals surface area (Å²) >= 11 is 0. The molecule has 0 spiro atoms. The van der Waals surface area contributed by atoms with Crippen molar-refractivity contribution in [2.45, 2.75) is 0 Å². The molecule has 0 aromatic carbocycles. The van der Waals surface area contributed by atoms with Crippen molar-refractivity contribution in [3.8, 4) is 0 Å². The Balaban J connectivity index is -0.0000000400. The van der Waals surface area contributed by atoms with Gasteiger partial charge in [0.1, 0.15) is 0 Å². The number of rotatable bonds is 3. The van der Waals surface area contributed by atoms with Gasteiger partial charge in [-0.15, -0.1) is 13.1 Å². The summed E-state index contributed by atoms with van der Waals surface area (Å²) in [5.74, 6) is -3.87. The van der Waals surface area contributed by atoms with Gasteiger partial charge in [0.05, 0.1) is 5.97 Å². The van der Waals surface area contributed by atoms with E-state index in [9.17, 15) is 0 Å². The van der Waals surface area contributed by atoms with Crippen LogP contribution in [0.15, 0.2) is 0 Å². The molecule has 0 aliphatic heterocycles. The van der Waals surface area contributed by atoms with Crippen molar-refractivity contribution >= 4 is 73.0 Å². The van der Waals surface area contributed by atoms with Crippen LogP contribution in [0.2, 0.25) is 0 Å². The van der Waals surface area contributed by atoms with Crippen molar-refractivity contribution in [2.75, 3.05) is 19.6 Å². The molecule has 0 radical (unpaired) electrons. The van der Waals surface area contributed by atoms with Gasteiger partial charge in [-0.3, -0.25) is 0 Å². The van der Waals surface area contributed by atoms with Crippen molar-refractivity contribution in [3.05, 3.63) is 11.5 Å². The van der Waals surface area contributed by atoms with Crippen molar-refractivity contribution in [3.63, 3.8) is 0 Å². The van der Waals surface area contributed by atoms with Gasteiger partial charge in [-0.2, -0.15) is 0 Å². The number of nitrogens with one attached hydrogen (secondary N) is 2. The van der Waals surface area contributed by atoms with Crippen molar-refractivity contribution in [1.29, 1.82) is 0 Å². The molecule has 0 aliphatic carbocycles. The molecule has 0 rings (SSSR count). The van der Waals surface area contributed by atoms with Gasteiger partial charge in [-0.25, -0.2) is 0 Å². The second-order valence-corrected chi connectivity index (χ2v) is 1.67. The Kier molecular flexibility index (Phi) is 44.6. The van der Waals surface area contributed by atoms with E-state index in [-0.39, 0.29) is 61.6 Å². The van der Waals surface area contributed by atoms with Crippen molar-refractivity contribution in [1.82, 2.24) is 0 Å². The Morgan fingerprint density at radius 1 is 0.882 bits per heavy atom. The summed E-state index contributed by atoms with van der Waals surface area (Å²) in [6, 6.07) is 0. The second-order valence-electron chi connectivity index (χ2n) is 1.67. The Labute approximate surface area is 138 Å². The number of aliphatic carboxylic acids is 3. The monoisotopic (exact) mass is 287 g/mol. The van der Waals surface area contributed by atoms with E-state index in [0.717, 1.165) is 0 Å². The smallest absolute Gasteiger partial charge is 0.673 e. The van der Waals surface area contributed by atoms with Gasteiger partial charge in [-0.1, -0.05) is 0 Å². The maximum Gasteiger partial charge on any atom is 3.00 e. The van der Waals surface area contributed by atoms with E-state index in [0.29, 0.717) is 0 Å². The maximum absolute atomic E-state index is 9.13. The molecule has 11 heteroatoms. The molecule has 0 amide bonds. The molecule has 0 atom stereocenters. The summed E-state index contributed by atoms with van der Waals surface area (Å²) in [6.45, 7) is -1.67. The van der Waals surface area contributed by atoms with E-state index < -0.39 is 31.0 Å². The molecule has 0 bridgehead atoms. The Morgan fingerprint density at radius 3 is 1.00 bits per heavy atom. The number of carboxylic acid groups (broad SMARTS) is 3. The van der Waals surface area contributed by atoms with Gasteiger partial charge in [0.25, 0.3) is 0 Å². The fourth-order valence-electron chi connectivity index (χ4n) is 0. The standard InChI is InChI=1S/C2H5NO2.2C2H4NO2.Al.Ca/c3*3-1-2(4)5;;/h1,3H2,(H,4,5);2*3H,1H2,(H,4,5);;/q;2*-1;+3;+2/p-3. The summed E-state index contributed by atoms with van der Waals surface area (Å²) in [5, 5.41) is 27.3. The fraction of sp³-hybridized carbons (Fsp3) is 0.500. The Bertz CT molecular complexity index is 173. The predicted molar refractivity (Wildman–Crippen MR) is 54.0 cm³/mol. The van der Waals surface area contributed by atoms with Crippen LogP contribution in [-0.2, 0) is 14.4 Å². The van der Waals surface area contributed by atoms with Crippen LogP contribution in [0.25, 0.3) is 11.5 Å². The second kappa shape index (κ2) is 25.1. The van der Waals surface area contributed by atoms with E-state index in [1.807, 2.05) is 0 Å². The molecule has 0 saturated heterocycles. The molecule has 0 unspecified atom stereocenters. The zero-order valence-corrected chi connectivity index (χ0v) is 12.3. The summed E-state index contributed by atoms with van der Waals surface area (Å²) in [7, 11) is 0. The summed E-state index contributed by atoms with van der Waals surface area (Å²) in [4.78, 5) is 27.3. The average molecular weight is 287 g/mol. The minimum atomic E-state index is -1.33. The molecule has 17 heavy (non-hydrogen) atoms. The van der Waals surface area contributed by atoms with Crippen LogP contribution in [0.1, 0.15) is 0 Å². The fourth-order valence-corrected chi connectivity index (χ4v) is 0. The first-order valence-corrected chi connectivity index (χ1v) is 3.40. The zero-order chi connectivity index (χ0) is 12.9. The van der Waals surface area contributed by atoms with Gasteiger partial charge in [-0.05, 0) is 0 Å². The molecule has 4 N–H and O–H groups in total. The molecule has 0 aliphatic rings. The molecule has 0 aromatic heterocycles. The van der Waals surface area contributed by atoms with Crippen LogP contribution >= 0.6 is 0 Å². The Morgan fingerprint density at radius 2 is 1.00 bits per heavy atom. The first-order chi connectivity index (χ1) is 6.81. The maximum atomic E-state index is 9.13. The predicted octanol–water partition coefficient (Wildman–Crippen LogP) is -5.49. The number of hydrogen-bond donors (Lipinski definition) is 1. The van der Waals surface area contributed by atoms with Crippen LogP contribution in [0.3, 0.4) is 0 Å². The van der Waals surface area contributed by atoms with E-state index in [1.165, 1.54) is 0 Å². The van der Waals surface area contributed by atoms with Crippen LogP contribution in [0.5, 0.6) is 0 Å². The average Bonchev–Trinajstić information content (AvgIpc) is 2.19. The van der Waals surface area contributed by atoms with Crippen molar-refractivity contribution < 1.29 is 29.7 Å². The van der Waals surface area contributed by atoms with Gasteiger partial charge in [0.15, 0.2) is 0 Å². The topological polar surface area (TPSA) is 194 Å². The van der Waals surface area contributed by atoms with Crippen molar-refractivity contribution in [2.24, 2.45) is 5.73 Å². The minimum absolute atomic E-state index is 0. The first-order valence-electron chi connectivity index (χ1n) is 3.40. The normalized spacial score (nSPS) is 6.53. The third-order valence-corrected chi connectivity index (χ3v) is 0.455. The van der Waals surface area contributed by atoms with Gasteiger partial charge in [0.2, 0.25) is 0 Å². The van der Waals surface area contributed by atoms with Crippen LogP contribution in [-0.4, -0.2) is 92.6 Å². The van der Waals surface area contributed by atoms with Gasteiger partial charge in [0, 0.05) is 18.5 Å². The van der Waals surface area contributed by atoms with Gasteiger partial charge < -0.3 is 46.9 Å². The molecule has 0 saturated carbocycles. The molecular formula is C6H10AlCaN3O6. The number of carbonyl (C=O) groups excluding carboxylic acids is 3. The van der Waals surface area contributed by atoms with E-state index >= 15 is 0 Å². The summed E-state index contributed by atoms with van der Waals surface area (Å²) in [5.41, 5.74) is 16.5. The Hall–Kier alpha value is 0.0822. The quantitative estimate of drug-likeness (QED) is 0.499. The van der Waals surface area contributed by atoms with E-state index in [4.69, 9.17) is 41.2 Å². The number of carboxylic acids is 3. The zero-order valence-electron chi connectivity index (χ0n) is 8.93. The molecule has 0 aromatic rings. The third-order valence-electron chi connectivity index (χ3n) is 0.455. The molecule has 0 heterocycles. The first kappa shape index (κ1) is 30.3. The SMILES string of the molecule is NCC(=O)[O-].[Al+3].[Ca+2].[NH-]CC(=O)[O-].[NH-]CC(=O)[O-]. The number of nitrogens with two attached hydrogens (primary N) is 1. The molecule has 9 nitrogen and oxygen atoms in total. The number of carbonyl (C=O) groups is 3. The molecule has 90 valence electrons. The molecular weight excluding hydrogens is 277 g/mol. The van der Waals surface area contributed by atoms with Crippen LogP contribution < -0.4 is 21.1 Å². The van der Waals surface area contributed by atoms with Crippen LogP contribution in [0, 0.1) is 0 Å². The van der Waals surface area contributed by atoms with Gasteiger partial charge >= 0.3 is 55.1 Å². The van der Waals surface area contributed by atoms with E-state index in [1.54, 1.807) is 0 Å².